The van der Waals surface area contributed by atoms with Crippen molar-refractivity contribution in [2.24, 2.45) is 0 Å². The average molecular weight is 388 g/mol. The van der Waals surface area contributed by atoms with Crippen LogP contribution in [0.3, 0.4) is 0 Å². The van der Waals surface area contributed by atoms with Crippen molar-refractivity contribution in [3.63, 3.8) is 0 Å². The van der Waals surface area contributed by atoms with Crippen LogP contribution in [0.5, 0.6) is 0 Å². The zero-order valence-electron chi connectivity index (χ0n) is 9.69. The fourth-order valence-corrected chi connectivity index (χ4v) is 1.67. The number of hydrogen-bond acceptors (Lipinski definition) is 9. The molecule has 114 valence electrons. The molecule has 0 aliphatic carbocycles. The van der Waals surface area contributed by atoms with Gasteiger partial charge in [-0.25, -0.2) is 9.13 Å². The van der Waals surface area contributed by atoms with Gasteiger partial charge in [0.05, 0.1) is 0 Å². The molecule has 20 heavy (non-hydrogen) atoms. The van der Waals surface area contributed by atoms with Crippen LogP contribution in [0, 0.1) is 0 Å². The number of rotatable bonds is 2. The van der Waals surface area contributed by atoms with E-state index in [1.807, 2.05) is 0 Å². The molecule has 1 rings (SSSR count). The van der Waals surface area contributed by atoms with Gasteiger partial charge in [-0.1, -0.05) is 0 Å². The molecule has 0 fully saturated rings. The number of aromatic nitrogens is 3. The Bertz CT molecular complexity index is 433. The van der Waals surface area contributed by atoms with Gasteiger partial charge in [-0.05, 0) is 0 Å². The summed E-state index contributed by atoms with van der Waals surface area (Å²) >= 11 is 0. The van der Waals surface area contributed by atoms with Crippen LogP contribution in [0.2, 0.25) is 0 Å². The molecule has 0 unspecified atom stereocenters. The first-order valence-corrected chi connectivity index (χ1v) is 6.80. The van der Waals surface area contributed by atoms with Gasteiger partial charge in [0, 0.05) is 19.5 Å². The largest absolute Gasteiger partial charge is 0.478 e. The Balaban J connectivity index is -0.000000263. The van der Waals surface area contributed by atoms with Crippen molar-refractivity contribution in [3.05, 3.63) is 0 Å². The third kappa shape index (κ3) is 15.3. The minimum Gasteiger partial charge on any atom is -0.412 e. The van der Waals surface area contributed by atoms with Crippen molar-refractivity contribution in [2.45, 2.75) is 0 Å². The summed E-state index contributed by atoms with van der Waals surface area (Å²) in [6.45, 7) is 0. The van der Waals surface area contributed by atoms with Crippen LogP contribution < -0.4 is 17.2 Å². The van der Waals surface area contributed by atoms with Gasteiger partial charge in [0.25, 0.3) is 0 Å². The monoisotopic (exact) mass is 386 g/mol. The minimum absolute atomic E-state index is 0. The Morgan fingerprint density at radius 1 is 0.800 bits per heavy atom. The van der Waals surface area contributed by atoms with Gasteiger partial charge in [0.2, 0.25) is 17.8 Å². The van der Waals surface area contributed by atoms with Crippen molar-refractivity contribution in [2.75, 3.05) is 17.2 Å². The first-order chi connectivity index (χ1) is 7.89. The Hall–Kier alpha value is -0.747. The van der Waals surface area contributed by atoms with Crippen molar-refractivity contribution in [3.8, 4) is 0 Å². The Morgan fingerprint density at radius 3 is 1.10 bits per heavy atom. The SMILES string of the molecule is Nc1nc(N)nc(N)n1.O.O=P(O)(O)OP(=O)(O)O.[Zn]. The molecule has 0 radical (unpaired) electrons. The number of nitrogens with two attached hydrogens (primary N) is 3. The molecule has 1 heterocycles. The van der Waals surface area contributed by atoms with Crippen LogP contribution in [0.4, 0.5) is 17.8 Å². The van der Waals surface area contributed by atoms with Crippen LogP contribution in [0.1, 0.15) is 0 Å². The van der Waals surface area contributed by atoms with E-state index in [1.165, 1.54) is 0 Å². The fraction of sp³-hybridized carbons (Fsp3) is 0. The Morgan fingerprint density at radius 2 is 1.00 bits per heavy atom. The maximum Gasteiger partial charge on any atom is 0.478 e. The van der Waals surface area contributed by atoms with E-state index in [9.17, 15) is 9.13 Å². The number of nitrogen functional groups attached to an aromatic ring is 3. The van der Waals surface area contributed by atoms with Crippen LogP contribution >= 0.6 is 15.6 Å². The van der Waals surface area contributed by atoms with E-state index in [2.05, 4.69) is 19.3 Å². The normalized spacial score (nSPS) is 10.4. The summed E-state index contributed by atoms with van der Waals surface area (Å²) in [5, 5.41) is 0. The molecule has 1 aromatic heterocycles. The summed E-state index contributed by atoms with van der Waals surface area (Å²) < 4.78 is 22.2. The predicted molar refractivity (Wildman–Crippen MR) is 61.9 cm³/mol. The number of anilines is 3. The van der Waals surface area contributed by atoms with Crippen LogP contribution in [-0.4, -0.2) is 40.0 Å². The second-order valence-electron chi connectivity index (χ2n) is 2.47. The second-order valence-corrected chi connectivity index (χ2v) is 5.09. The summed E-state index contributed by atoms with van der Waals surface area (Å²) in [7, 11) is -10.1. The zero-order valence-corrected chi connectivity index (χ0v) is 14.4. The van der Waals surface area contributed by atoms with E-state index < -0.39 is 15.6 Å². The standard InChI is InChI=1S/C3H6N6.H4O7P2.H2O.Zn/c4-1-7-2(5)9-3(6)8-1;1-8(2,3)7-9(4,5)6;;/h(H6,4,5,6,7,8,9);(H2,1,2,3)(H2,4,5,6);1H2;. The molecule has 0 saturated carbocycles. The average Bonchev–Trinajstić information content (AvgIpc) is 1.92. The van der Waals surface area contributed by atoms with Gasteiger partial charge in [0.15, 0.2) is 0 Å². The summed E-state index contributed by atoms with van der Waals surface area (Å²) in [6.07, 6.45) is 0. The third-order valence-corrected chi connectivity index (χ3v) is 2.60. The summed E-state index contributed by atoms with van der Waals surface area (Å²) in [4.78, 5) is 41.5. The number of phosphoric acid groups is 2. The van der Waals surface area contributed by atoms with Crippen molar-refractivity contribution >= 4 is 33.5 Å². The zero-order chi connectivity index (χ0) is 14.6. The third-order valence-electron chi connectivity index (χ3n) is 0.900. The van der Waals surface area contributed by atoms with E-state index in [4.69, 9.17) is 36.8 Å². The molecule has 0 amide bonds. The molecule has 12 N–H and O–H groups in total. The Labute approximate surface area is 124 Å². The molecule has 0 aliphatic rings. The van der Waals surface area contributed by atoms with E-state index >= 15 is 0 Å². The Kier molecular flexibility index (Phi) is 11.2. The van der Waals surface area contributed by atoms with Gasteiger partial charge < -0.3 is 42.3 Å². The predicted octanol–water partition coefficient (Wildman–Crippen LogP) is -3.02. The molecule has 0 atom stereocenters. The second kappa shape index (κ2) is 9.24. The van der Waals surface area contributed by atoms with Gasteiger partial charge >= 0.3 is 15.6 Å². The first-order valence-electron chi connectivity index (χ1n) is 3.74. The van der Waals surface area contributed by atoms with Crippen molar-refractivity contribution in [1.82, 2.24) is 15.0 Å². The van der Waals surface area contributed by atoms with E-state index in [0.717, 1.165) is 0 Å². The molecular formula is C3H12N6O8P2Zn. The molecular weight excluding hydrogens is 375 g/mol. The van der Waals surface area contributed by atoms with E-state index in [1.54, 1.807) is 0 Å². The maximum absolute atomic E-state index is 9.63. The number of hydrogen-bond donors (Lipinski definition) is 7. The van der Waals surface area contributed by atoms with E-state index in [0.29, 0.717) is 0 Å². The van der Waals surface area contributed by atoms with Crippen molar-refractivity contribution in [1.29, 1.82) is 0 Å². The molecule has 0 saturated heterocycles. The fourth-order valence-electron chi connectivity index (χ4n) is 0.566. The van der Waals surface area contributed by atoms with Gasteiger partial charge in [-0.3, -0.25) is 0 Å². The van der Waals surface area contributed by atoms with Gasteiger partial charge in [-0.2, -0.15) is 19.3 Å². The molecule has 0 bridgehead atoms. The molecule has 0 spiro atoms. The first kappa shape index (κ1) is 24.3. The van der Waals surface area contributed by atoms with Crippen molar-refractivity contribution < 1.29 is 58.0 Å². The van der Waals surface area contributed by atoms with Gasteiger partial charge in [-0.15, -0.1) is 0 Å². The number of nitrogens with zero attached hydrogens (tertiary/aromatic N) is 3. The van der Waals surface area contributed by atoms with Crippen LogP contribution in [0.15, 0.2) is 0 Å². The van der Waals surface area contributed by atoms with E-state index in [-0.39, 0.29) is 42.8 Å². The quantitative estimate of drug-likeness (QED) is 0.197. The molecule has 17 heteroatoms. The molecule has 1 aromatic rings. The minimum atomic E-state index is -5.05. The smallest absolute Gasteiger partial charge is 0.412 e. The summed E-state index contributed by atoms with van der Waals surface area (Å²) in [5.74, 6) is 0.125. The maximum atomic E-state index is 9.63. The van der Waals surface area contributed by atoms with Crippen LogP contribution in [0.25, 0.3) is 0 Å². The summed E-state index contributed by atoms with van der Waals surface area (Å²) in [6, 6.07) is 0. The molecule has 0 aliphatic heterocycles. The molecule has 0 aromatic carbocycles. The summed E-state index contributed by atoms with van der Waals surface area (Å²) in [5.41, 5.74) is 15.4. The molecule has 14 nitrogen and oxygen atoms in total. The topological polar surface area (TPSA) is 273 Å². The van der Waals surface area contributed by atoms with Crippen LogP contribution in [-0.2, 0) is 32.9 Å². The van der Waals surface area contributed by atoms with Gasteiger partial charge in [0.1, 0.15) is 0 Å².